The van der Waals surface area contributed by atoms with Crippen LogP contribution in [0.25, 0.3) is 0 Å². The number of nitrogens with zero attached hydrogens (tertiary/aromatic N) is 1. The van der Waals surface area contributed by atoms with Crippen molar-refractivity contribution in [3.05, 3.63) is 35.4 Å². The van der Waals surface area contributed by atoms with Crippen molar-refractivity contribution in [1.29, 1.82) is 0 Å². The second-order valence-electron chi connectivity index (χ2n) is 4.66. The third-order valence-electron chi connectivity index (χ3n) is 3.42. The number of benzene rings is 1. The second-order valence-corrected chi connectivity index (χ2v) is 4.97. The fourth-order valence-electron chi connectivity index (χ4n) is 2.39. The molecular formula is C13H20N2S. The van der Waals surface area contributed by atoms with Crippen molar-refractivity contribution in [2.45, 2.75) is 25.3 Å². The third kappa shape index (κ3) is 3.00. The highest BCUT2D eigenvalue weighted by Crippen LogP contribution is 2.27. The maximum absolute atomic E-state index is 4.05. The maximum atomic E-state index is 4.05. The van der Waals surface area contributed by atoms with E-state index in [1.54, 1.807) is 0 Å². The molecule has 1 saturated heterocycles. The molecule has 88 valence electrons. The smallest absolute Gasteiger partial charge is 0.0307 e. The zero-order valence-electron chi connectivity index (χ0n) is 9.82. The van der Waals surface area contributed by atoms with Gasteiger partial charge in [0.1, 0.15) is 0 Å². The molecule has 2 rings (SSSR count). The Labute approximate surface area is 104 Å². The van der Waals surface area contributed by atoms with Gasteiger partial charge in [-0.1, -0.05) is 37.1 Å². The molecule has 1 N–H and O–H groups in total. The molecule has 1 aliphatic heterocycles. The molecule has 16 heavy (non-hydrogen) atoms. The van der Waals surface area contributed by atoms with E-state index in [1.165, 1.54) is 37.1 Å². The van der Waals surface area contributed by atoms with Gasteiger partial charge in [0.25, 0.3) is 0 Å². The van der Waals surface area contributed by atoms with E-state index in [-0.39, 0.29) is 0 Å². The van der Waals surface area contributed by atoms with Crippen LogP contribution >= 0.6 is 12.8 Å². The number of thiol groups is 1. The van der Waals surface area contributed by atoms with E-state index in [0.29, 0.717) is 0 Å². The molecule has 0 amide bonds. The van der Waals surface area contributed by atoms with Gasteiger partial charge < -0.3 is 4.90 Å². The fraction of sp³-hybridized carbons (Fsp3) is 0.538. The number of hydrogen-bond acceptors (Lipinski definition) is 3. The Morgan fingerprint density at radius 3 is 2.81 bits per heavy atom. The molecule has 1 aromatic carbocycles. The van der Waals surface area contributed by atoms with Gasteiger partial charge in [-0.25, -0.2) is 0 Å². The highest BCUT2D eigenvalue weighted by Gasteiger charge is 2.18. The normalized spacial score (nSPS) is 18.9. The summed E-state index contributed by atoms with van der Waals surface area (Å²) < 4.78 is 2.91. The Morgan fingerprint density at radius 1 is 1.38 bits per heavy atom. The lowest BCUT2D eigenvalue weighted by Crippen LogP contribution is -2.29. The topological polar surface area (TPSA) is 15.3 Å². The summed E-state index contributed by atoms with van der Waals surface area (Å²) in [5, 5.41) is 0. The first-order chi connectivity index (χ1) is 7.79. The first-order valence-corrected chi connectivity index (χ1v) is 6.38. The van der Waals surface area contributed by atoms with Crippen molar-refractivity contribution in [3.8, 4) is 0 Å². The minimum absolute atomic E-state index is 0.746. The predicted molar refractivity (Wildman–Crippen MR) is 71.7 cm³/mol. The number of piperidine rings is 1. The molecule has 1 aromatic rings. The molecule has 1 aliphatic rings. The number of likely N-dealkylation sites (tertiary alicyclic amines) is 1. The summed E-state index contributed by atoms with van der Waals surface area (Å²) in [4.78, 5) is 2.41. The summed E-state index contributed by atoms with van der Waals surface area (Å²) in [6, 6.07) is 8.90. The van der Waals surface area contributed by atoms with E-state index in [1.807, 2.05) is 0 Å². The average Bonchev–Trinajstić information content (AvgIpc) is 2.31. The third-order valence-corrected chi connectivity index (χ3v) is 3.58. The molecule has 0 aromatic heterocycles. The molecule has 0 radical (unpaired) electrons. The lowest BCUT2D eigenvalue weighted by molar-refractivity contribution is 0.255. The van der Waals surface area contributed by atoms with Gasteiger partial charge in [-0.15, -0.1) is 0 Å². The van der Waals surface area contributed by atoms with E-state index in [0.717, 1.165) is 12.5 Å². The standard InChI is InChI=1S/C13H20N2S/c1-15-7-5-12(6-8-15)13-4-2-3-11(9-13)10-14-16/h2-4,9,12,14,16H,5-8,10H2,1H3. The highest BCUT2D eigenvalue weighted by molar-refractivity contribution is 7.78. The SMILES string of the molecule is CN1CCC(c2cccc(CNS)c2)CC1. The summed E-state index contributed by atoms with van der Waals surface area (Å²) in [7, 11) is 2.21. The molecule has 1 heterocycles. The molecule has 0 saturated carbocycles. The Bertz CT molecular complexity index is 332. The van der Waals surface area contributed by atoms with Gasteiger partial charge in [-0.05, 0) is 50.0 Å². The van der Waals surface area contributed by atoms with Crippen molar-refractivity contribution >= 4 is 12.8 Å². The number of nitrogens with one attached hydrogen (secondary N) is 1. The van der Waals surface area contributed by atoms with Crippen LogP contribution in [0.15, 0.2) is 24.3 Å². The number of hydrogen-bond donors (Lipinski definition) is 2. The van der Waals surface area contributed by atoms with Gasteiger partial charge in [0.2, 0.25) is 0 Å². The Morgan fingerprint density at radius 2 is 2.12 bits per heavy atom. The second kappa shape index (κ2) is 5.71. The summed E-state index contributed by atoms with van der Waals surface area (Å²) in [6.45, 7) is 3.28. The van der Waals surface area contributed by atoms with Crippen molar-refractivity contribution in [3.63, 3.8) is 0 Å². The largest absolute Gasteiger partial charge is 0.306 e. The van der Waals surface area contributed by atoms with Crippen molar-refractivity contribution in [2.24, 2.45) is 0 Å². The van der Waals surface area contributed by atoms with Gasteiger partial charge in [-0.3, -0.25) is 4.72 Å². The first-order valence-electron chi connectivity index (χ1n) is 5.94. The summed E-state index contributed by atoms with van der Waals surface area (Å²) in [5.74, 6) is 0.746. The van der Waals surface area contributed by atoms with Gasteiger partial charge in [0, 0.05) is 6.54 Å². The highest BCUT2D eigenvalue weighted by atomic mass is 32.1. The average molecular weight is 236 g/mol. The van der Waals surface area contributed by atoms with Crippen LogP contribution in [0.3, 0.4) is 0 Å². The first kappa shape index (κ1) is 12.0. The molecule has 0 atom stereocenters. The minimum atomic E-state index is 0.746. The molecule has 0 unspecified atom stereocenters. The predicted octanol–water partition coefficient (Wildman–Crippen LogP) is 2.43. The van der Waals surface area contributed by atoms with Crippen LogP contribution in [-0.4, -0.2) is 25.0 Å². The quantitative estimate of drug-likeness (QED) is 0.784. The monoisotopic (exact) mass is 236 g/mol. The van der Waals surface area contributed by atoms with E-state index >= 15 is 0 Å². The van der Waals surface area contributed by atoms with Crippen molar-refractivity contribution in [1.82, 2.24) is 9.62 Å². The van der Waals surface area contributed by atoms with Crippen LogP contribution in [0.2, 0.25) is 0 Å². The number of rotatable bonds is 3. The van der Waals surface area contributed by atoms with Crippen LogP contribution in [0.5, 0.6) is 0 Å². The lowest BCUT2D eigenvalue weighted by Gasteiger charge is -2.29. The van der Waals surface area contributed by atoms with E-state index < -0.39 is 0 Å². The maximum Gasteiger partial charge on any atom is 0.0307 e. The summed E-state index contributed by atoms with van der Waals surface area (Å²) >= 11 is 4.05. The molecule has 2 nitrogen and oxygen atoms in total. The van der Waals surface area contributed by atoms with E-state index in [4.69, 9.17) is 0 Å². The van der Waals surface area contributed by atoms with Crippen molar-refractivity contribution in [2.75, 3.05) is 20.1 Å². The van der Waals surface area contributed by atoms with Gasteiger partial charge in [0.05, 0.1) is 0 Å². The summed E-state index contributed by atoms with van der Waals surface area (Å²) in [5.41, 5.74) is 2.82. The van der Waals surface area contributed by atoms with E-state index in [2.05, 4.69) is 53.7 Å². The van der Waals surface area contributed by atoms with Crippen LogP contribution in [0.4, 0.5) is 0 Å². The Hall–Kier alpha value is -0.510. The van der Waals surface area contributed by atoms with Gasteiger partial charge >= 0.3 is 0 Å². The van der Waals surface area contributed by atoms with Crippen LogP contribution in [0.1, 0.15) is 29.9 Å². The zero-order valence-corrected chi connectivity index (χ0v) is 10.7. The van der Waals surface area contributed by atoms with Crippen LogP contribution < -0.4 is 4.72 Å². The van der Waals surface area contributed by atoms with Crippen LogP contribution in [-0.2, 0) is 6.54 Å². The molecule has 0 spiro atoms. The molecule has 3 heteroatoms. The van der Waals surface area contributed by atoms with Crippen molar-refractivity contribution < 1.29 is 0 Å². The van der Waals surface area contributed by atoms with Gasteiger partial charge in [-0.2, -0.15) is 0 Å². The lowest BCUT2D eigenvalue weighted by atomic mass is 9.89. The fourth-order valence-corrected chi connectivity index (χ4v) is 2.57. The minimum Gasteiger partial charge on any atom is -0.306 e. The Kier molecular flexibility index (Phi) is 4.27. The Balaban J connectivity index is 2.05. The van der Waals surface area contributed by atoms with Crippen LogP contribution in [0, 0.1) is 0 Å². The van der Waals surface area contributed by atoms with Gasteiger partial charge in [0.15, 0.2) is 0 Å². The summed E-state index contributed by atoms with van der Waals surface area (Å²) in [6.07, 6.45) is 2.57. The van der Waals surface area contributed by atoms with E-state index in [9.17, 15) is 0 Å². The molecular weight excluding hydrogens is 216 g/mol. The molecule has 0 aliphatic carbocycles. The zero-order chi connectivity index (χ0) is 11.4. The molecule has 0 bridgehead atoms. The molecule has 1 fully saturated rings.